The van der Waals surface area contributed by atoms with Crippen molar-refractivity contribution in [1.82, 2.24) is 24.6 Å². The van der Waals surface area contributed by atoms with E-state index in [4.69, 9.17) is 5.10 Å². The lowest BCUT2D eigenvalue weighted by Crippen LogP contribution is -2.44. The molecule has 6 aromatic rings. The van der Waals surface area contributed by atoms with Crippen molar-refractivity contribution >= 4 is 34.3 Å². The summed E-state index contributed by atoms with van der Waals surface area (Å²) in [5, 5.41) is 20.0. The number of benzene rings is 4. The normalized spacial score (nSPS) is 13.9. The van der Waals surface area contributed by atoms with Crippen molar-refractivity contribution in [3.8, 4) is 16.8 Å². The molecule has 0 saturated carbocycles. The van der Waals surface area contributed by atoms with Gasteiger partial charge in [0.05, 0.1) is 11.3 Å². The number of amides is 3. The van der Waals surface area contributed by atoms with Gasteiger partial charge in [-0.1, -0.05) is 99.5 Å². The zero-order valence-electron chi connectivity index (χ0n) is 31.0. The van der Waals surface area contributed by atoms with Crippen molar-refractivity contribution < 1.29 is 19.5 Å². The largest absolute Gasteiger partial charge is 0.373 e. The number of aliphatic hydroxyl groups is 1. The first-order chi connectivity index (χ1) is 26.3. The number of aromatic nitrogens is 3. The molecular weight excluding hydrogens is 677 g/mol. The first-order valence-electron chi connectivity index (χ1n) is 18.8. The fourth-order valence-corrected chi connectivity index (χ4v) is 7.25. The lowest BCUT2D eigenvalue weighted by atomic mass is 9.97. The van der Waals surface area contributed by atoms with Crippen LogP contribution < -0.4 is 5.32 Å². The van der Waals surface area contributed by atoms with E-state index in [1.54, 1.807) is 28.9 Å². The molecule has 10 heteroatoms. The van der Waals surface area contributed by atoms with Crippen LogP contribution in [0.5, 0.6) is 0 Å². The zero-order valence-corrected chi connectivity index (χ0v) is 31.0. The summed E-state index contributed by atoms with van der Waals surface area (Å²) in [6, 6.07) is 32.2. The Balaban J connectivity index is 1.27. The molecule has 1 unspecified atom stereocenters. The Morgan fingerprint density at radius 2 is 1.56 bits per heavy atom. The number of carbonyl (C=O) groups is 3. The highest BCUT2D eigenvalue weighted by molar-refractivity contribution is 6.14. The van der Waals surface area contributed by atoms with Gasteiger partial charge in [-0.3, -0.25) is 14.4 Å². The molecule has 10 nitrogen and oxygen atoms in total. The van der Waals surface area contributed by atoms with Crippen LogP contribution in [0.15, 0.2) is 103 Å². The van der Waals surface area contributed by atoms with Crippen LogP contribution in [0.4, 0.5) is 5.69 Å². The molecule has 3 heterocycles. The van der Waals surface area contributed by atoms with Gasteiger partial charge in [0, 0.05) is 53.9 Å². The third-order valence-corrected chi connectivity index (χ3v) is 10.1. The van der Waals surface area contributed by atoms with E-state index < -0.39 is 12.1 Å². The standard InChI is InChI=1S/C44H46N6O4/c1-4-6-23-48(24-7-5-2)44(54)37-25-29(3)50(47-37)38-22-21-33(27-35(38)43(53)49-28-32-18-12-11-17-31(32)26-39(49)51)45-42(52)41-40(30-15-9-8-10-16-30)34-19-13-14-20-36(34)46-41/h8-22,25,27,39,46,51H,4-7,23-24,26,28H2,1-3H3,(H,45,52). The molecule has 276 valence electrons. The van der Waals surface area contributed by atoms with Crippen LogP contribution in [-0.2, 0) is 13.0 Å². The second kappa shape index (κ2) is 15.9. The number of hydrogen-bond acceptors (Lipinski definition) is 5. The molecule has 0 spiro atoms. The summed E-state index contributed by atoms with van der Waals surface area (Å²) < 4.78 is 1.61. The molecule has 2 aromatic heterocycles. The number of aryl methyl sites for hydroxylation is 1. The first kappa shape index (κ1) is 36.4. The van der Waals surface area contributed by atoms with Crippen LogP contribution in [-0.4, -0.2) is 66.7 Å². The number of rotatable bonds is 12. The minimum Gasteiger partial charge on any atom is -0.373 e. The summed E-state index contributed by atoms with van der Waals surface area (Å²) >= 11 is 0. The minimum atomic E-state index is -1.06. The number of nitrogens with zero attached hydrogens (tertiary/aromatic N) is 4. The molecule has 1 aliphatic heterocycles. The summed E-state index contributed by atoms with van der Waals surface area (Å²) in [5.74, 6) is -0.939. The molecule has 4 aromatic carbocycles. The molecule has 0 aliphatic carbocycles. The van der Waals surface area contributed by atoms with Crippen molar-refractivity contribution in [3.05, 3.63) is 137 Å². The number of fused-ring (bicyclic) bond motifs is 2. The average Bonchev–Trinajstić information content (AvgIpc) is 3.78. The van der Waals surface area contributed by atoms with E-state index in [0.717, 1.165) is 58.8 Å². The number of nitrogens with one attached hydrogen (secondary N) is 2. The Morgan fingerprint density at radius 1 is 0.870 bits per heavy atom. The molecular formula is C44H46N6O4. The molecule has 3 N–H and O–H groups in total. The Morgan fingerprint density at radius 3 is 2.30 bits per heavy atom. The number of aromatic amines is 1. The molecule has 1 aliphatic rings. The monoisotopic (exact) mass is 722 g/mol. The van der Waals surface area contributed by atoms with Crippen molar-refractivity contribution in [2.45, 2.75) is 65.6 Å². The van der Waals surface area contributed by atoms with Crippen molar-refractivity contribution in [3.63, 3.8) is 0 Å². The summed E-state index contributed by atoms with van der Waals surface area (Å²) in [6.07, 6.45) is 2.97. The number of H-pyrrole nitrogens is 1. The van der Waals surface area contributed by atoms with E-state index in [-0.39, 0.29) is 23.9 Å². The molecule has 3 amide bonds. The van der Waals surface area contributed by atoms with Gasteiger partial charge in [0.1, 0.15) is 11.9 Å². The number of carbonyl (C=O) groups excluding carboxylic acids is 3. The predicted octanol–water partition coefficient (Wildman–Crippen LogP) is 8.14. The van der Waals surface area contributed by atoms with E-state index in [1.807, 2.05) is 90.7 Å². The van der Waals surface area contributed by atoms with Crippen LogP contribution in [0.2, 0.25) is 0 Å². The Hall–Kier alpha value is -6.00. The molecule has 1 atom stereocenters. The lowest BCUT2D eigenvalue weighted by Gasteiger charge is -2.34. The molecule has 0 fully saturated rings. The smallest absolute Gasteiger partial charge is 0.274 e. The number of anilines is 1. The fraction of sp³-hybridized carbons (Fsp3) is 0.273. The second-order valence-electron chi connectivity index (χ2n) is 13.9. The van der Waals surface area contributed by atoms with Gasteiger partial charge in [-0.05, 0) is 66.8 Å². The highest BCUT2D eigenvalue weighted by Crippen LogP contribution is 2.34. The van der Waals surface area contributed by atoms with Gasteiger partial charge in [-0.2, -0.15) is 5.10 Å². The molecule has 54 heavy (non-hydrogen) atoms. The minimum absolute atomic E-state index is 0.147. The topological polar surface area (TPSA) is 124 Å². The summed E-state index contributed by atoms with van der Waals surface area (Å²) in [5.41, 5.74) is 6.87. The average molecular weight is 723 g/mol. The maximum Gasteiger partial charge on any atom is 0.274 e. The van der Waals surface area contributed by atoms with Gasteiger partial charge >= 0.3 is 0 Å². The van der Waals surface area contributed by atoms with E-state index in [1.165, 1.54) is 4.90 Å². The number of hydrogen-bond donors (Lipinski definition) is 3. The Labute approximate surface area is 315 Å². The van der Waals surface area contributed by atoms with Gasteiger partial charge in [-0.25, -0.2) is 4.68 Å². The van der Waals surface area contributed by atoms with Crippen LogP contribution in [0, 0.1) is 6.92 Å². The third kappa shape index (κ3) is 7.30. The quantitative estimate of drug-likeness (QED) is 0.118. The van der Waals surface area contributed by atoms with Gasteiger partial charge in [-0.15, -0.1) is 0 Å². The molecule has 0 saturated heterocycles. The van der Waals surface area contributed by atoms with E-state index >= 15 is 0 Å². The Bertz CT molecular complexity index is 2300. The van der Waals surface area contributed by atoms with Crippen molar-refractivity contribution in [2.75, 3.05) is 18.4 Å². The lowest BCUT2D eigenvalue weighted by molar-refractivity contribution is -0.00173. The van der Waals surface area contributed by atoms with Gasteiger partial charge in [0.2, 0.25) is 0 Å². The van der Waals surface area contributed by atoms with Gasteiger partial charge < -0.3 is 25.2 Å². The number of aliphatic hydroxyl groups excluding tert-OH is 1. The van der Waals surface area contributed by atoms with E-state index in [0.29, 0.717) is 48.0 Å². The van der Waals surface area contributed by atoms with E-state index in [2.05, 4.69) is 24.1 Å². The van der Waals surface area contributed by atoms with E-state index in [9.17, 15) is 19.5 Å². The highest BCUT2D eigenvalue weighted by Gasteiger charge is 2.32. The Kier molecular flexibility index (Phi) is 10.7. The molecule has 0 bridgehead atoms. The van der Waals surface area contributed by atoms with Gasteiger partial charge in [0.15, 0.2) is 5.69 Å². The molecule has 0 radical (unpaired) electrons. The van der Waals surface area contributed by atoms with Crippen LogP contribution in [0.1, 0.15) is 87.7 Å². The highest BCUT2D eigenvalue weighted by atomic mass is 16.3. The maximum atomic E-state index is 14.6. The second-order valence-corrected chi connectivity index (χ2v) is 13.9. The predicted molar refractivity (Wildman–Crippen MR) is 212 cm³/mol. The fourth-order valence-electron chi connectivity index (χ4n) is 7.25. The summed E-state index contributed by atoms with van der Waals surface area (Å²) in [6.45, 7) is 7.57. The number of para-hydroxylation sites is 1. The first-order valence-corrected chi connectivity index (χ1v) is 18.8. The van der Waals surface area contributed by atoms with Crippen LogP contribution in [0.25, 0.3) is 27.7 Å². The van der Waals surface area contributed by atoms with Gasteiger partial charge in [0.25, 0.3) is 17.7 Å². The van der Waals surface area contributed by atoms with Crippen LogP contribution in [0.3, 0.4) is 0 Å². The SMILES string of the molecule is CCCCN(CCCC)C(=O)c1cc(C)n(-c2ccc(NC(=O)c3[nH]c4ccccc4c3-c3ccccc3)cc2C(=O)N2Cc3ccccc3CC2O)n1. The van der Waals surface area contributed by atoms with Crippen LogP contribution >= 0.6 is 0 Å². The molecule has 7 rings (SSSR count). The maximum absolute atomic E-state index is 14.6. The summed E-state index contributed by atoms with van der Waals surface area (Å²) in [7, 11) is 0. The summed E-state index contributed by atoms with van der Waals surface area (Å²) in [4.78, 5) is 49.1. The third-order valence-electron chi connectivity index (χ3n) is 10.1. The van der Waals surface area contributed by atoms with Crippen molar-refractivity contribution in [2.24, 2.45) is 0 Å². The zero-order chi connectivity index (χ0) is 37.8. The van der Waals surface area contributed by atoms with Crippen molar-refractivity contribution in [1.29, 1.82) is 0 Å². The number of unbranched alkanes of at least 4 members (excludes halogenated alkanes) is 2.